The molecule has 0 aliphatic carbocycles. The van der Waals surface area contributed by atoms with E-state index in [-0.39, 0.29) is 0 Å². The first-order chi connectivity index (χ1) is 5.79. The Morgan fingerprint density at radius 2 is 2.00 bits per heavy atom. The van der Waals surface area contributed by atoms with Gasteiger partial charge in [-0.3, -0.25) is 0 Å². The van der Waals surface area contributed by atoms with Gasteiger partial charge in [-0.15, -0.1) is 0 Å². The number of benzene rings is 1. The van der Waals surface area contributed by atoms with Gasteiger partial charge in [0.2, 0.25) is 0 Å². The SMILES string of the molecule is CCOc1cccc(CC)c1C. The maximum absolute atomic E-state index is 5.48. The van der Waals surface area contributed by atoms with Crippen molar-refractivity contribution in [3.05, 3.63) is 29.3 Å². The normalized spacial score (nSPS) is 9.92. The van der Waals surface area contributed by atoms with Crippen LogP contribution in [0.25, 0.3) is 0 Å². The van der Waals surface area contributed by atoms with Gasteiger partial charge in [-0.05, 0) is 37.5 Å². The van der Waals surface area contributed by atoms with Crippen molar-refractivity contribution in [2.24, 2.45) is 0 Å². The molecule has 1 heteroatoms. The van der Waals surface area contributed by atoms with Crippen LogP contribution in [0.2, 0.25) is 0 Å². The second-order valence-electron chi connectivity index (χ2n) is 2.83. The predicted molar refractivity (Wildman–Crippen MR) is 51.7 cm³/mol. The number of rotatable bonds is 3. The van der Waals surface area contributed by atoms with Gasteiger partial charge < -0.3 is 4.74 Å². The van der Waals surface area contributed by atoms with Crippen LogP contribution in [0, 0.1) is 6.92 Å². The molecule has 0 radical (unpaired) electrons. The third kappa shape index (κ3) is 1.79. The van der Waals surface area contributed by atoms with Crippen LogP contribution in [0.3, 0.4) is 0 Å². The van der Waals surface area contributed by atoms with Crippen LogP contribution in [0.5, 0.6) is 5.75 Å². The molecule has 0 saturated carbocycles. The van der Waals surface area contributed by atoms with E-state index in [1.807, 2.05) is 13.0 Å². The molecule has 0 heterocycles. The molecule has 1 nitrogen and oxygen atoms in total. The minimum Gasteiger partial charge on any atom is -0.494 e. The van der Waals surface area contributed by atoms with Crippen LogP contribution < -0.4 is 4.74 Å². The Hall–Kier alpha value is -0.980. The second-order valence-corrected chi connectivity index (χ2v) is 2.83. The van der Waals surface area contributed by atoms with Gasteiger partial charge in [-0.25, -0.2) is 0 Å². The van der Waals surface area contributed by atoms with E-state index in [0.717, 1.165) is 18.8 Å². The van der Waals surface area contributed by atoms with Crippen molar-refractivity contribution in [3.8, 4) is 5.75 Å². The van der Waals surface area contributed by atoms with E-state index >= 15 is 0 Å². The second kappa shape index (κ2) is 4.15. The van der Waals surface area contributed by atoms with Crippen molar-refractivity contribution in [2.75, 3.05) is 6.61 Å². The van der Waals surface area contributed by atoms with E-state index in [2.05, 4.69) is 26.0 Å². The summed E-state index contributed by atoms with van der Waals surface area (Å²) in [5.41, 5.74) is 2.66. The lowest BCUT2D eigenvalue weighted by atomic mass is 10.1. The summed E-state index contributed by atoms with van der Waals surface area (Å²) >= 11 is 0. The monoisotopic (exact) mass is 164 g/mol. The van der Waals surface area contributed by atoms with E-state index in [0.29, 0.717) is 0 Å². The highest BCUT2D eigenvalue weighted by Gasteiger charge is 2.01. The molecule has 0 atom stereocenters. The highest BCUT2D eigenvalue weighted by Crippen LogP contribution is 2.21. The highest BCUT2D eigenvalue weighted by molar-refractivity contribution is 5.38. The minimum absolute atomic E-state index is 0.744. The van der Waals surface area contributed by atoms with Crippen LogP contribution in [0.4, 0.5) is 0 Å². The van der Waals surface area contributed by atoms with Crippen LogP contribution >= 0.6 is 0 Å². The number of aryl methyl sites for hydroxylation is 1. The van der Waals surface area contributed by atoms with Crippen molar-refractivity contribution in [1.29, 1.82) is 0 Å². The topological polar surface area (TPSA) is 9.23 Å². The fourth-order valence-corrected chi connectivity index (χ4v) is 1.35. The molecule has 1 aromatic carbocycles. The molecule has 0 aliphatic heterocycles. The molecule has 0 unspecified atom stereocenters. The van der Waals surface area contributed by atoms with Crippen LogP contribution in [0.15, 0.2) is 18.2 Å². The number of ether oxygens (including phenoxy) is 1. The van der Waals surface area contributed by atoms with Gasteiger partial charge in [0, 0.05) is 0 Å². The fraction of sp³-hybridized carbons (Fsp3) is 0.455. The highest BCUT2D eigenvalue weighted by atomic mass is 16.5. The molecule has 1 rings (SSSR count). The van der Waals surface area contributed by atoms with Crippen LogP contribution in [-0.4, -0.2) is 6.61 Å². The zero-order chi connectivity index (χ0) is 8.97. The zero-order valence-corrected chi connectivity index (χ0v) is 8.05. The smallest absolute Gasteiger partial charge is 0.122 e. The largest absolute Gasteiger partial charge is 0.494 e. The summed E-state index contributed by atoms with van der Waals surface area (Å²) in [6.07, 6.45) is 1.08. The zero-order valence-electron chi connectivity index (χ0n) is 8.05. The molecule has 0 aromatic heterocycles. The van der Waals surface area contributed by atoms with E-state index in [4.69, 9.17) is 4.74 Å². The quantitative estimate of drug-likeness (QED) is 0.667. The Bertz CT molecular complexity index is 253. The van der Waals surface area contributed by atoms with E-state index in [9.17, 15) is 0 Å². The maximum atomic E-state index is 5.48. The lowest BCUT2D eigenvalue weighted by Crippen LogP contribution is -1.96. The molecule has 12 heavy (non-hydrogen) atoms. The fourth-order valence-electron chi connectivity index (χ4n) is 1.35. The molecule has 0 spiro atoms. The molecule has 0 saturated heterocycles. The summed E-state index contributed by atoms with van der Waals surface area (Å²) in [7, 11) is 0. The Morgan fingerprint density at radius 1 is 1.25 bits per heavy atom. The Kier molecular flexibility index (Phi) is 3.15. The van der Waals surface area contributed by atoms with Crippen LogP contribution in [-0.2, 0) is 6.42 Å². The molecule has 0 bridgehead atoms. The standard InChI is InChI=1S/C11H16O/c1-4-10-7-6-8-11(9(10)3)12-5-2/h6-8H,4-5H2,1-3H3. The molecular weight excluding hydrogens is 148 g/mol. The summed E-state index contributed by atoms with van der Waals surface area (Å²) in [6.45, 7) is 7.04. The lowest BCUT2D eigenvalue weighted by Gasteiger charge is -2.09. The summed E-state index contributed by atoms with van der Waals surface area (Å²) in [6, 6.07) is 6.23. The molecule has 0 N–H and O–H groups in total. The molecule has 66 valence electrons. The summed E-state index contributed by atoms with van der Waals surface area (Å²) < 4.78 is 5.48. The van der Waals surface area contributed by atoms with Gasteiger partial charge >= 0.3 is 0 Å². The van der Waals surface area contributed by atoms with Gasteiger partial charge in [-0.1, -0.05) is 19.1 Å². The summed E-state index contributed by atoms with van der Waals surface area (Å²) in [5, 5.41) is 0. The van der Waals surface area contributed by atoms with Gasteiger partial charge in [-0.2, -0.15) is 0 Å². The van der Waals surface area contributed by atoms with Gasteiger partial charge in [0.25, 0.3) is 0 Å². The van der Waals surface area contributed by atoms with Crippen molar-refractivity contribution in [1.82, 2.24) is 0 Å². The molecule has 0 fully saturated rings. The van der Waals surface area contributed by atoms with Gasteiger partial charge in [0.05, 0.1) is 6.61 Å². The van der Waals surface area contributed by atoms with Crippen LogP contribution in [0.1, 0.15) is 25.0 Å². The number of hydrogen-bond donors (Lipinski definition) is 0. The molecule has 0 aliphatic rings. The average Bonchev–Trinajstić information content (AvgIpc) is 2.09. The lowest BCUT2D eigenvalue weighted by molar-refractivity contribution is 0.337. The summed E-state index contributed by atoms with van der Waals surface area (Å²) in [5.74, 6) is 1.02. The molecular formula is C11H16O. The first-order valence-corrected chi connectivity index (χ1v) is 4.50. The van der Waals surface area contributed by atoms with Crippen molar-refractivity contribution in [3.63, 3.8) is 0 Å². The van der Waals surface area contributed by atoms with Crippen molar-refractivity contribution in [2.45, 2.75) is 27.2 Å². The average molecular weight is 164 g/mol. The first kappa shape index (κ1) is 9.11. The van der Waals surface area contributed by atoms with E-state index < -0.39 is 0 Å². The Labute approximate surface area is 74.4 Å². The Balaban J connectivity index is 2.97. The maximum Gasteiger partial charge on any atom is 0.122 e. The van der Waals surface area contributed by atoms with Crippen molar-refractivity contribution >= 4 is 0 Å². The van der Waals surface area contributed by atoms with E-state index in [1.54, 1.807) is 0 Å². The van der Waals surface area contributed by atoms with Gasteiger partial charge in [0.15, 0.2) is 0 Å². The third-order valence-corrected chi connectivity index (χ3v) is 2.08. The van der Waals surface area contributed by atoms with E-state index in [1.165, 1.54) is 11.1 Å². The Morgan fingerprint density at radius 3 is 2.58 bits per heavy atom. The first-order valence-electron chi connectivity index (χ1n) is 4.50. The van der Waals surface area contributed by atoms with Gasteiger partial charge in [0.1, 0.15) is 5.75 Å². The molecule has 0 amide bonds. The summed E-state index contributed by atoms with van der Waals surface area (Å²) in [4.78, 5) is 0. The third-order valence-electron chi connectivity index (χ3n) is 2.08. The number of hydrogen-bond acceptors (Lipinski definition) is 1. The van der Waals surface area contributed by atoms with Crippen molar-refractivity contribution < 1.29 is 4.74 Å². The molecule has 1 aromatic rings. The minimum atomic E-state index is 0.744. The predicted octanol–water partition coefficient (Wildman–Crippen LogP) is 2.96.